The number of carbonyl (C=O) groups is 2. The first-order valence-electron chi connectivity index (χ1n) is 7.31. The highest BCUT2D eigenvalue weighted by Gasteiger charge is 2.20. The summed E-state index contributed by atoms with van der Waals surface area (Å²) in [6.45, 7) is 5.81. The van der Waals surface area contributed by atoms with Crippen LogP contribution < -0.4 is 5.32 Å². The van der Waals surface area contributed by atoms with Crippen molar-refractivity contribution in [2.45, 2.75) is 20.8 Å². The van der Waals surface area contributed by atoms with Crippen molar-refractivity contribution in [2.24, 2.45) is 0 Å². The highest BCUT2D eigenvalue weighted by Crippen LogP contribution is 2.20. The SMILES string of the molecule is CCN(CC(=O)Nc1cc(Cl)ccc1C)C(=O)c1ccoc1C. The molecule has 2 amide bonds. The van der Waals surface area contributed by atoms with E-state index in [-0.39, 0.29) is 18.4 Å². The number of halogens is 1. The molecule has 0 fully saturated rings. The maximum Gasteiger partial charge on any atom is 0.257 e. The molecule has 0 bridgehead atoms. The summed E-state index contributed by atoms with van der Waals surface area (Å²) in [6, 6.07) is 6.89. The number of anilines is 1. The zero-order chi connectivity index (χ0) is 17.0. The van der Waals surface area contributed by atoms with Gasteiger partial charge >= 0.3 is 0 Å². The quantitative estimate of drug-likeness (QED) is 0.907. The van der Waals surface area contributed by atoms with Gasteiger partial charge in [0.1, 0.15) is 12.3 Å². The van der Waals surface area contributed by atoms with Gasteiger partial charge in [0.05, 0.1) is 11.8 Å². The molecule has 0 aliphatic rings. The minimum Gasteiger partial charge on any atom is -0.469 e. The zero-order valence-electron chi connectivity index (χ0n) is 13.4. The molecule has 0 aliphatic heterocycles. The van der Waals surface area contributed by atoms with E-state index in [0.717, 1.165) is 5.56 Å². The molecule has 0 saturated heterocycles. The molecule has 5 nitrogen and oxygen atoms in total. The Morgan fingerprint density at radius 3 is 2.61 bits per heavy atom. The van der Waals surface area contributed by atoms with Crippen molar-refractivity contribution in [3.05, 3.63) is 52.4 Å². The predicted octanol–water partition coefficient (Wildman–Crippen LogP) is 3.65. The van der Waals surface area contributed by atoms with Crippen LogP contribution in [-0.2, 0) is 4.79 Å². The monoisotopic (exact) mass is 334 g/mol. The number of nitrogens with one attached hydrogen (secondary N) is 1. The molecule has 1 aromatic heterocycles. The van der Waals surface area contributed by atoms with Crippen LogP contribution in [0.15, 0.2) is 34.9 Å². The lowest BCUT2D eigenvalue weighted by atomic mass is 10.2. The molecule has 1 aromatic carbocycles. The number of aryl methyl sites for hydroxylation is 2. The molecule has 0 saturated carbocycles. The molecule has 0 radical (unpaired) electrons. The van der Waals surface area contributed by atoms with E-state index in [9.17, 15) is 9.59 Å². The van der Waals surface area contributed by atoms with E-state index in [1.807, 2.05) is 19.9 Å². The van der Waals surface area contributed by atoms with Crippen LogP contribution >= 0.6 is 11.6 Å². The molecule has 6 heteroatoms. The minimum atomic E-state index is -0.272. The number of carbonyl (C=O) groups excluding carboxylic acids is 2. The third-order valence-electron chi connectivity index (χ3n) is 3.57. The van der Waals surface area contributed by atoms with E-state index in [1.54, 1.807) is 25.1 Å². The van der Waals surface area contributed by atoms with E-state index in [1.165, 1.54) is 11.2 Å². The van der Waals surface area contributed by atoms with Crippen LogP contribution in [-0.4, -0.2) is 29.8 Å². The van der Waals surface area contributed by atoms with Crippen molar-refractivity contribution in [2.75, 3.05) is 18.4 Å². The highest BCUT2D eigenvalue weighted by molar-refractivity contribution is 6.31. The fraction of sp³-hybridized carbons (Fsp3) is 0.294. The molecule has 1 N–H and O–H groups in total. The fourth-order valence-electron chi connectivity index (χ4n) is 2.20. The average molecular weight is 335 g/mol. The van der Waals surface area contributed by atoms with Crippen LogP contribution in [0.2, 0.25) is 5.02 Å². The Morgan fingerprint density at radius 1 is 1.26 bits per heavy atom. The lowest BCUT2D eigenvalue weighted by Gasteiger charge is -2.20. The molecular weight excluding hydrogens is 316 g/mol. The van der Waals surface area contributed by atoms with Crippen LogP contribution in [0.4, 0.5) is 5.69 Å². The van der Waals surface area contributed by atoms with Crippen molar-refractivity contribution < 1.29 is 14.0 Å². The zero-order valence-corrected chi connectivity index (χ0v) is 14.1. The number of rotatable bonds is 5. The number of hydrogen-bond acceptors (Lipinski definition) is 3. The van der Waals surface area contributed by atoms with Crippen LogP contribution in [0, 0.1) is 13.8 Å². The summed E-state index contributed by atoms with van der Waals surface area (Å²) < 4.78 is 5.15. The maximum atomic E-state index is 12.4. The summed E-state index contributed by atoms with van der Waals surface area (Å²) in [5.74, 6) is 0.0444. The molecule has 0 spiro atoms. The van der Waals surface area contributed by atoms with Crippen molar-refractivity contribution in [1.82, 2.24) is 4.90 Å². The minimum absolute atomic E-state index is 0.0358. The molecule has 0 unspecified atom stereocenters. The van der Waals surface area contributed by atoms with E-state index in [0.29, 0.717) is 28.6 Å². The van der Waals surface area contributed by atoms with Gasteiger partial charge in [-0.3, -0.25) is 9.59 Å². The molecule has 23 heavy (non-hydrogen) atoms. The number of hydrogen-bond donors (Lipinski definition) is 1. The number of furan rings is 1. The lowest BCUT2D eigenvalue weighted by Crippen LogP contribution is -2.38. The Kier molecular flexibility index (Phi) is 5.45. The largest absolute Gasteiger partial charge is 0.469 e. The van der Waals surface area contributed by atoms with Crippen LogP contribution in [0.1, 0.15) is 28.6 Å². The predicted molar refractivity (Wildman–Crippen MR) is 89.8 cm³/mol. The molecule has 2 rings (SSSR count). The molecular formula is C17H19ClN2O3. The number of benzene rings is 1. The first kappa shape index (κ1) is 17.1. The Morgan fingerprint density at radius 2 is 2.00 bits per heavy atom. The number of likely N-dealkylation sites (N-methyl/N-ethyl adjacent to an activating group) is 1. The van der Waals surface area contributed by atoms with Crippen molar-refractivity contribution in [3.8, 4) is 0 Å². The summed E-state index contributed by atoms with van der Waals surface area (Å²) in [7, 11) is 0. The Hall–Kier alpha value is -2.27. The topological polar surface area (TPSA) is 62.6 Å². The second-order valence-corrected chi connectivity index (χ2v) is 5.65. The summed E-state index contributed by atoms with van der Waals surface area (Å²) in [5, 5.41) is 3.33. The number of amides is 2. The Labute approximate surface area is 140 Å². The van der Waals surface area contributed by atoms with Gasteiger partial charge in [-0.25, -0.2) is 0 Å². The van der Waals surface area contributed by atoms with E-state index in [4.69, 9.17) is 16.0 Å². The van der Waals surface area contributed by atoms with Crippen molar-refractivity contribution in [1.29, 1.82) is 0 Å². The third-order valence-corrected chi connectivity index (χ3v) is 3.80. The molecule has 2 aromatic rings. The van der Waals surface area contributed by atoms with Gasteiger partial charge in [0.25, 0.3) is 5.91 Å². The van der Waals surface area contributed by atoms with Gasteiger partial charge in [0, 0.05) is 17.3 Å². The normalized spacial score (nSPS) is 10.4. The van der Waals surface area contributed by atoms with Gasteiger partial charge in [0.2, 0.25) is 5.91 Å². The fourth-order valence-corrected chi connectivity index (χ4v) is 2.37. The first-order valence-corrected chi connectivity index (χ1v) is 7.69. The Bertz CT molecular complexity index is 724. The van der Waals surface area contributed by atoms with Crippen molar-refractivity contribution in [3.63, 3.8) is 0 Å². The van der Waals surface area contributed by atoms with Gasteiger partial charge in [-0.05, 0) is 44.5 Å². The number of nitrogens with zero attached hydrogens (tertiary/aromatic N) is 1. The lowest BCUT2D eigenvalue weighted by molar-refractivity contribution is -0.116. The summed E-state index contributed by atoms with van der Waals surface area (Å²) in [6.07, 6.45) is 1.46. The van der Waals surface area contributed by atoms with E-state index < -0.39 is 0 Å². The smallest absolute Gasteiger partial charge is 0.257 e. The second kappa shape index (κ2) is 7.33. The average Bonchev–Trinajstić information content (AvgIpc) is 2.94. The van der Waals surface area contributed by atoms with Crippen LogP contribution in [0.5, 0.6) is 0 Å². The van der Waals surface area contributed by atoms with Crippen LogP contribution in [0.3, 0.4) is 0 Å². The summed E-state index contributed by atoms with van der Waals surface area (Å²) >= 11 is 5.94. The molecule has 0 aliphatic carbocycles. The van der Waals surface area contributed by atoms with Crippen molar-refractivity contribution >= 4 is 29.1 Å². The molecule has 1 heterocycles. The first-order chi connectivity index (χ1) is 10.9. The summed E-state index contributed by atoms with van der Waals surface area (Å²) in [4.78, 5) is 26.1. The van der Waals surface area contributed by atoms with Gasteiger partial charge in [0.15, 0.2) is 0 Å². The van der Waals surface area contributed by atoms with Gasteiger partial charge < -0.3 is 14.6 Å². The Balaban J connectivity index is 2.07. The molecule has 0 atom stereocenters. The van der Waals surface area contributed by atoms with E-state index >= 15 is 0 Å². The van der Waals surface area contributed by atoms with Gasteiger partial charge in [-0.15, -0.1) is 0 Å². The standard InChI is InChI=1S/C17H19ClN2O3/c1-4-20(17(22)14-7-8-23-12(14)3)10-16(21)19-15-9-13(18)6-5-11(15)2/h5-9H,4,10H2,1-3H3,(H,19,21). The van der Waals surface area contributed by atoms with Gasteiger partial charge in [-0.1, -0.05) is 17.7 Å². The molecule has 122 valence electrons. The maximum absolute atomic E-state index is 12.4. The van der Waals surface area contributed by atoms with Crippen LogP contribution in [0.25, 0.3) is 0 Å². The van der Waals surface area contributed by atoms with Gasteiger partial charge in [-0.2, -0.15) is 0 Å². The highest BCUT2D eigenvalue weighted by atomic mass is 35.5. The third kappa shape index (κ3) is 4.13. The summed E-state index contributed by atoms with van der Waals surface area (Å²) in [5.41, 5.74) is 2.02. The second-order valence-electron chi connectivity index (χ2n) is 5.22. The van der Waals surface area contributed by atoms with E-state index in [2.05, 4.69) is 5.32 Å².